The van der Waals surface area contributed by atoms with E-state index in [1.165, 1.54) is 6.92 Å². The molecular formula is C18H24N4O2. The lowest BCUT2D eigenvalue weighted by molar-refractivity contribution is -0.119. The standard InChI is InChI=1S/C18H24N4O2/c1-14(23)20-12-16-5-3-8-22(13-16)9-7-18(24)21-17-6-2-4-15(10-17)11-19/h2,4,6,10,16H,3,5,7-9,12-13H2,1H3,(H,20,23)(H,21,24). The minimum absolute atomic E-state index is 0.00565. The van der Waals surface area contributed by atoms with Crippen molar-refractivity contribution >= 4 is 17.5 Å². The lowest BCUT2D eigenvalue weighted by Gasteiger charge is -2.32. The van der Waals surface area contributed by atoms with Crippen LogP contribution in [-0.2, 0) is 9.59 Å². The fourth-order valence-electron chi connectivity index (χ4n) is 2.96. The third-order valence-corrected chi connectivity index (χ3v) is 4.17. The maximum atomic E-state index is 12.1. The summed E-state index contributed by atoms with van der Waals surface area (Å²) in [6.07, 6.45) is 2.63. The molecule has 0 radical (unpaired) electrons. The van der Waals surface area contributed by atoms with Crippen LogP contribution in [0.1, 0.15) is 31.7 Å². The van der Waals surface area contributed by atoms with Crippen LogP contribution in [0.4, 0.5) is 5.69 Å². The van der Waals surface area contributed by atoms with E-state index in [-0.39, 0.29) is 11.8 Å². The molecule has 0 spiro atoms. The number of nitrogens with zero attached hydrogens (tertiary/aromatic N) is 2. The van der Waals surface area contributed by atoms with E-state index in [4.69, 9.17) is 5.26 Å². The highest BCUT2D eigenvalue weighted by atomic mass is 16.2. The van der Waals surface area contributed by atoms with Gasteiger partial charge in [0.2, 0.25) is 11.8 Å². The van der Waals surface area contributed by atoms with Gasteiger partial charge < -0.3 is 15.5 Å². The van der Waals surface area contributed by atoms with Crippen LogP contribution in [0.3, 0.4) is 0 Å². The molecule has 24 heavy (non-hydrogen) atoms. The van der Waals surface area contributed by atoms with E-state index in [9.17, 15) is 9.59 Å². The van der Waals surface area contributed by atoms with Crippen LogP contribution < -0.4 is 10.6 Å². The minimum atomic E-state index is -0.0472. The molecule has 1 aromatic rings. The van der Waals surface area contributed by atoms with Gasteiger partial charge in [0.15, 0.2) is 0 Å². The molecule has 0 aromatic heterocycles. The summed E-state index contributed by atoms with van der Waals surface area (Å²) in [5.41, 5.74) is 1.19. The van der Waals surface area contributed by atoms with Crippen molar-refractivity contribution in [3.63, 3.8) is 0 Å². The van der Waals surface area contributed by atoms with Gasteiger partial charge in [-0.2, -0.15) is 5.26 Å². The van der Waals surface area contributed by atoms with Crippen molar-refractivity contribution < 1.29 is 9.59 Å². The summed E-state index contributed by atoms with van der Waals surface area (Å²) in [4.78, 5) is 25.4. The largest absolute Gasteiger partial charge is 0.356 e. The van der Waals surface area contributed by atoms with Gasteiger partial charge in [-0.3, -0.25) is 9.59 Å². The Hall–Kier alpha value is -2.39. The number of nitriles is 1. The molecule has 6 heteroatoms. The molecule has 1 aliphatic rings. The molecule has 2 amide bonds. The first kappa shape index (κ1) is 18.0. The second kappa shape index (κ2) is 9.04. The maximum Gasteiger partial charge on any atom is 0.225 e. The summed E-state index contributed by atoms with van der Waals surface area (Å²) in [6, 6.07) is 8.97. The molecule has 1 atom stereocenters. The zero-order valence-corrected chi connectivity index (χ0v) is 14.0. The summed E-state index contributed by atoms with van der Waals surface area (Å²) < 4.78 is 0. The predicted octanol–water partition coefficient (Wildman–Crippen LogP) is 1.73. The number of amides is 2. The molecule has 1 aromatic carbocycles. The molecule has 1 heterocycles. The molecule has 1 fully saturated rings. The van der Waals surface area contributed by atoms with Gasteiger partial charge in [0, 0.05) is 38.7 Å². The van der Waals surface area contributed by atoms with Gasteiger partial charge in [-0.1, -0.05) is 6.07 Å². The van der Waals surface area contributed by atoms with Crippen LogP contribution in [0.2, 0.25) is 0 Å². The zero-order chi connectivity index (χ0) is 17.4. The number of nitrogens with one attached hydrogen (secondary N) is 2. The Balaban J connectivity index is 1.74. The summed E-state index contributed by atoms with van der Waals surface area (Å²) >= 11 is 0. The molecule has 128 valence electrons. The molecule has 6 nitrogen and oxygen atoms in total. The summed E-state index contributed by atoms with van der Waals surface area (Å²) in [7, 11) is 0. The Morgan fingerprint density at radius 1 is 1.42 bits per heavy atom. The van der Waals surface area contributed by atoms with Gasteiger partial charge in [0.05, 0.1) is 11.6 Å². The second-order valence-electron chi connectivity index (χ2n) is 6.24. The Kier molecular flexibility index (Phi) is 6.76. The maximum absolute atomic E-state index is 12.1. The molecule has 0 saturated carbocycles. The lowest BCUT2D eigenvalue weighted by Crippen LogP contribution is -2.41. The molecular weight excluding hydrogens is 304 g/mol. The monoisotopic (exact) mass is 328 g/mol. The van der Waals surface area contributed by atoms with Gasteiger partial charge in [-0.25, -0.2) is 0 Å². The number of benzene rings is 1. The van der Waals surface area contributed by atoms with Crippen molar-refractivity contribution in [3.8, 4) is 6.07 Å². The molecule has 1 saturated heterocycles. The van der Waals surface area contributed by atoms with Crippen molar-refractivity contribution in [1.29, 1.82) is 5.26 Å². The van der Waals surface area contributed by atoms with Crippen LogP contribution in [-0.4, -0.2) is 42.9 Å². The lowest BCUT2D eigenvalue weighted by atomic mass is 9.98. The van der Waals surface area contributed by atoms with Crippen LogP contribution in [0.5, 0.6) is 0 Å². The molecule has 0 aliphatic carbocycles. The average molecular weight is 328 g/mol. The molecule has 0 bridgehead atoms. The number of piperidine rings is 1. The van der Waals surface area contributed by atoms with Crippen LogP contribution in [0.25, 0.3) is 0 Å². The van der Waals surface area contributed by atoms with Gasteiger partial charge in [0.1, 0.15) is 0 Å². The van der Waals surface area contributed by atoms with E-state index in [2.05, 4.69) is 21.6 Å². The smallest absolute Gasteiger partial charge is 0.225 e. The number of likely N-dealkylation sites (tertiary alicyclic amines) is 1. The fraction of sp³-hybridized carbons (Fsp3) is 0.500. The molecule has 1 unspecified atom stereocenters. The second-order valence-corrected chi connectivity index (χ2v) is 6.24. The van der Waals surface area contributed by atoms with E-state index in [0.717, 1.165) is 25.9 Å². The van der Waals surface area contributed by atoms with Crippen molar-refractivity contribution in [3.05, 3.63) is 29.8 Å². The average Bonchev–Trinajstić information content (AvgIpc) is 2.59. The molecule has 2 N–H and O–H groups in total. The highest BCUT2D eigenvalue weighted by molar-refractivity contribution is 5.90. The van der Waals surface area contributed by atoms with E-state index in [1.807, 2.05) is 0 Å². The van der Waals surface area contributed by atoms with E-state index in [1.54, 1.807) is 24.3 Å². The number of hydrogen-bond acceptors (Lipinski definition) is 4. The Morgan fingerprint density at radius 3 is 3.00 bits per heavy atom. The van der Waals surface area contributed by atoms with E-state index in [0.29, 0.717) is 36.7 Å². The minimum Gasteiger partial charge on any atom is -0.356 e. The van der Waals surface area contributed by atoms with Gasteiger partial charge in [-0.05, 0) is 43.5 Å². The van der Waals surface area contributed by atoms with Crippen molar-refractivity contribution in [1.82, 2.24) is 10.2 Å². The fourth-order valence-corrected chi connectivity index (χ4v) is 2.96. The zero-order valence-electron chi connectivity index (χ0n) is 14.0. The summed E-state index contributed by atoms with van der Waals surface area (Å²) in [6.45, 7) is 4.86. The van der Waals surface area contributed by atoms with Crippen molar-refractivity contribution in [2.75, 3.05) is 31.5 Å². The molecule has 2 rings (SSSR count). The van der Waals surface area contributed by atoms with Gasteiger partial charge in [0.25, 0.3) is 0 Å². The number of rotatable bonds is 6. The van der Waals surface area contributed by atoms with E-state index >= 15 is 0 Å². The van der Waals surface area contributed by atoms with Gasteiger partial charge >= 0.3 is 0 Å². The Labute approximate surface area is 142 Å². The van der Waals surface area contributed by atoms with Gasteiger partial charge in [-0.15, -0.1) is 0 Å². The quantitative estimate of drug-likeness (QED) is 0.833. The topological polar surface area (TPSA) is 85.2 Å². The highest BCUT2D eigenvalue weighted by Crippen LogP contribution is 2.16. The Morgan fingerprint density at radius 2 is 2.25 bits per heavy atom. The SMILES string of the molecule is CC(=O)NCC1CCCN(CCC(=O)Nc2cccc(C#N)c2)C1. The third kappa shape index (κ3) is 6.01. The summed E-state index contributed by atoms with van der Waals surface area (Å²) in [5.74, 6) is 0.415. The number of carbonyl (C=O) groups is 2. The van der Waals surface area contributed by atoms with E-state index < -0.39 is 0 Å². The van der Waals surface area contributed by atoms with Crippen molar-refractivity contribution in [2.24, 2.45) is 5.92 Å². The third-order valence-electron chi connectivity index (χ3n) is 4.17. The van der Waals surface area contributed by atoms with Crippen LogP contribution in [0.15, 0.2) is 24.3 Å². The normalized spacial score (nSPS) is 17.8. The first-order valence-corrected chi connectivity index (χ1v) is 8.33. The summed E-state index contributed by atoms with van der Waals surface area (Å²) in [5, 5.41) is 14.6. The van der Waals surface area contributed by atoms with Crippen molar-refractivity contribution in [2.45, 2.75) is 26.2 Å². The number of carbonyl (C=O) groups excluding carboxylic acids is 2. The predicted molar refractivity (Wildman–Crippen MR) is 92.3 cm³/mol. The number of anilines is 1. The number of hydrogen-bond donors (Lipinski definition) is 2. The molecule has 1 aliphatic heterocycles. The van der Waals surface area contributed by atoms with Crippen LogP contribution in [0, 0.1) is 17.2 Å². The Bertz CT molecular complexity index is 624. The highest BCUT2D eigenvalue weighted by Gasteiger charge is 2.20. The first-order chi connectivity index (χ1) is 11.6. The first-order valence-electron chi connectivity index (χ1n) is 8.33. The van der Waals surface area contributed by atoms with Crippen LogP contribution >= 0.6 is 0 Å².